The van der Waals surface area contributed by atoms with Crippen LogP contribution in [0.2, 0.25) is 0 Å². The van der Waals surface area contributed by atoms with Crippen LogP contribution in [0.1, 0.15) is 40.8 Å². The second kappa shape index (κ2) is 11.3. The van der Waals surface area contributed by atoms with E-state index < -0.39 is 0 Å². The van der Waals surface area contributed by atoms with Crippen molar-refractivity contribution in [2.24, 2.45) is 11.5 Å². The fourth-order valence-electron chi connectivity index (χ4n) is 3.69. The molecule has 0 aliphatic rings. The Hall–Kier alpha value is -3.60. The van der Waals surface area contributed by atoms with Gasteiger partial charge in [0, 0.05) is 6.42 Å². The third kappa shape index (κ3) is 6.22. The van der Waals surface area contributed by atoms with Crippen LogP contribution in [0.3, 0.4) is 0 Å². The predicted molar refractivity (Wildman–Crippen MR) is 133 cm³/mol. The van der Waals surface area contributed by atoms with Crippen molar-refractivity contribution in [3.8, 4) is 11.5 Å². The van der Waals surface area contributed by atoms with Gasteiger partial charge in [-0.2, -0.15) is 0 Å². The second-order valence-electron chi connectivity index (χ2n) is 7.97. The van der Waals surface area contributed by atoms with Crippen molar-refractivity contribution < 1.29 is 9.47 Å². The van der Waals surface area contributed by atoms with E-state index in [1.54, 1.807) is 0 Å². The molecule has 4 N–H and O–H groups in total. The van der Waals surface area contributed by atoms with Crippen LogP contribution in [0, 0.1) is 0 Å². The molecular formula is C29H30N2O2. The molecule has 2 unspecified atom stereocenters. The monoisotopic (exact) mass is 438 g/mol. The third-order valence-corrected chi connectivity index (χ3v) is 5.62. The molecule has 4 aromatic rings. The van der Waals surface area contributed by atoms with Gasteiger partial charge >= 0.3 is 0 Å². The zero-order valence-corrected chi connectivity index (χ0v) is 18.6. The Bertz CT molecular complexity index is 1010. The van der Waals surface area contributed by atoms with E-state index in [4.69, 9.17) is 20.9 Å². The summed E-state index contributed by atoms with van der Waals surface area (Å²) < 4.78 is 11.7. The van der Waals surface area contributed by atoms with Crippen LogP contribution in [-0.4, -0.2) is 13.2 Å². The van der Waals surface area contributed by atoms with E-state index >= 15 is 0 Å². The maximum Gasteiger partial charge on any atom is 0.119 e. The van der Waals surface area contributed by atoms with Crippen molar-refractivity contribution in [1.82, 2.24) is 0 Å². The minimum absolute atomic E-state index is 0.137. The van der Waals surface area contributed by atoms with Gasteiger partial charge in [0.1, 0.15) is 11.5 Å². The fraction of sp³-hybridized carbons (Fsp3) is 0.172. The number of hydrogen-bond donors (Lipinski definition) is 2. The maximum absolute atomic E-state index is 6.35. The molecule has 4 aromatic carbocycles. The molecule has 33 heavy (non-hydrogen) atoms. The second-order valence-corrected chi connectivity index (χ2v) is 7.97. The Morgan fingerprint density at radius 2 is 0.788 bits per heavy atom. The van der Waals surface area contributed by atoms with Gasteiger partial charge in [-0.1, -0.05) is 84.9 Å². The number of ether oxygens (including phenoxy) is 2. The summed E-state index contributed by atoms with van der Waals surface area (Å²) in [5, 5.41) is 0. The van der Waals surface area contributed by atoms with Crippen LogP contribution in [-0.2, 0) is 0 Å². The highest BCUT2D eigenvalue weighted by molar-refractivity contribution is 5.36. The van der Waals surface area contributed by atoms with Gasteiger partial charge < -0.3 is 20.9 Å². The molecule has 0 spiro atoms. The number of rotatable bonds is 10. The lowest BCUT2D eigenvalue weighted by atomic mass is 10.00. The van der Waals surface area contributed by atoms with Gasteiger partial charge in [-0.25, -0.2) is 0 Å². The standard InChI is InChI=1S/C29H30N2O2/c30-28(22-8-3-1-4-9-22)24-12-16-26(17-13-24)32-20-7-21-33-27-18-14-25(15-19-27)29(31)23-10-5-2-6-11-23/h1-6,8-19,28-29H,7,20-21,30-31H2. The van der Waals surface area contributed by atoms with Crippen LogP contribution in [0.25, 0.3) is 0 Å². The summed E-state index contributed by atoms with van der Waals surface area (Å²) in [5.74, 6) is 1.66. The highest BCUT2D eigenvalue weighted by atomic mass is 16.5. The average Bonchev–Trinajstić information content (AvgIpc) is 2.89. The lowest BCUT2D eigenvalue weighted by Gasteiger charge is -2.14. The van der Waals surface area contributed by atoms with Crippen molar-refractivity contribution in [3.05, 3.63) is 131 Å². The van der Waals surface area contributed by atoms with Crippen molar-refractivity contribution in [2.45, 2.75) is 18.5 Å². The molecule has 0 bridgehead atoms. The number of hydrogen-bond acceptors (Lipinski definition) is 4. The lowest BCUT2D eigenvalue weighted by molar-refractivity contribution is 0.247. The predicted octanol–water partition coefficient (Wildman–Crippen LogP) is 5.63. The van der Waals surface area contributed by atoms with E-state index in [9.17, 15) is 0 Å². The Balaban J connectivity index is 1.19. The van der Waals surface area contributed by atoms with Gasteiger partial charge in [-0.05, 0) is 46.5 Å². The molecule has 0 fully saturated rings. The molecule has 0 aromatic heterocycles. The first kappa shape index (κ1) is 22.6. The summed E-state index contributed by atoms with van der Waals surface area (Å²) in [5.41, 5.74) is 17.0. The topological polar surface area (TPSA) is 70.5 Å². The lowest BCUT2D eigenvalue weighted by Crippen LogP contribution is -2.11. The largest absolute Gasteiger partial charge is 0.493 e. The van der Waals surface area contributed by atoms with E-state index in [0.29, 0.717) is 13.2 Å². The number of benzene rings is 4. The van der Waals surface area contributed by atoms with E-state index in [2.05, 4.69) is 0 Å². The number of nitrogens with two attached hydrogens (primary N) is 2. The van der Waals surface area contributed by atoms with Crippen molar-refractivity contribution in [3.63, 3.8) is 0 Å². The Kier molecular flexibility index (Phi) is 7.75. The summed E-state index contributed by atoms with van der Waals surface area (Å²) in [7, 11) is 0. The normalized spacial score (nSPS) is 12.7. The molecule has 0 radical (unpaired) electrons. The summed E-state index contributed by atoms with van der Waals surface area (Å²) >= 11 is 0. The molecule has 0 heterocycles. The van der Waals surface area contributed by atoms with E-state index in [-0.39, 0.29) is 12.1 Å². The molecule has 4 rings (SSSR count). The van der Waals surface area contributed by atoms with Crippen LogP contribution < -0.4 is 20.9 Å². The van der Waals surface area contributed by atoms with Gasteiger partial charge in [0.25, 0.3) is 0 Å². The first-order valence-electron chi connectivity index (χ1n) is 11.3. The van der Waals surface area contributed by atoms with Crippen LogP contribution in [0.5, 0.6) is 11.5 Å². The molecule has 0 amide bonds. The van der Waals surface area contributed by atoms with Crippen LogP contribution in [0.15, 0.2) is 109 Å². The van der Waals surface area contributed by atoms with Gasteiger partial charge in [0.05, 0.1) is 25.3 Å². The average molecular weight is 439 g/mol. The molecule has 4 heteroatoms. The molecule has 168 valence electrons. The van der Waals surface area contributed by atoms with Gasteiger partial charge in [-0.3, -0.25) is 0 Å². The van der Waals surface area contributed by atoms with Gasteiger partial charge in [0.2, 0.25) is 0 Å². The van der Waals surface area contributed by atoms with Gasteiger partial charge in [0.15, 0.2) is 0 Å². The third-order valence-electron chi connectivity index (χ3n) is 5.62. The van der Waals surface area contributed by atoms with Crippen molar-refractivity contribution >= 4 is 0 Å². The summed E-state index contributed by atoms with van der Waals surface area (Å²) in [6, 6.07) is 35.8. The smallest absolute Gasteiger partial charge is 0.119 e. The maximum atomic E-state index is 6.35. The summed E-state index contributed by atoms with van der Waals surface area (Å²) in [6.07, 6.45) is 0.788. The highest BCUT2D eigenvalue weighted by Crippen LogP contribution is 2.23. The first-order chi connectivity index (χ1) is 16.2. The van der Waals surface area contributed by atoms with Crippen LogP contribution >= 0.6 is 0 Å². The van der Waals surface area contributed by atoms with Gasteiger partial charge in [-0.15, -0.1) is 0 Å². The minimum atomic E-state index is -0.137. The molecular weight excluding hydrogens is 408 g/mol. The van der Waals surface area contributed by atoms with Crippen LogP contribution in [0.4, 0.5) is 0 Å². The van der Waals surface area contributed by atoms with E-state index in [0.717, 1.165) is 40.2 Å². The fourth-order valence-corrected chi connectivity index (χ4v) is 3.69. The Morgan fingerprint density at radius 1 is 0.455 bits per heavy atom. The van der Waals surface area contributed by atoms with E-state index in [1.165, 1.54) is 0 Å². The molecule has 2 atom stereocenters. The molecule has 0 aliphatic carbocycles. The van der Waals surface area contributed by atoms with E-state index in [1.807, 2.05) is 109 Å². The Morgan fingerprint density at radius 3 is 1.15 bits per heavy atom. The summed E-state index contributed by atoms with van der Waals surface area (Å²) in [6.45, 7) is 1.17. The molecule has 0 saturated heterocycles. The Labute approximate surface area is 195 Å². The zero-order chi connectivity index (χ0) is 22.9. The van der Waals surface area contributed by atoms with Crippen molar-refractivity contribution in [2.75, 3.05) is 13.2 Å². The molecule has 0 saturated carbocycles. The summed E-state index contributed by atoms with van der Waals surface area (Å²) in [4.78, 5) is 0. The quantitative estimate of drug-likeness (QED) is 0.315. The minimum Gasteiger partial charge on any atom is -0.493 e. The van der Waals surface area contributed by atoms with Crippen molar-refractivity contribution in [1.29, 1.82) is 0 Å². The first-order valence-corrected chi connectivity index (χ1v) is 11.3. The molecule has 4 nitrogen and oxygen atoms in total. The molecule has 0 aliphatic heterocycles. The zero-order valence-electron chi connectivity index (χ0n) is 18.6. The SMILES string of the molecule is NC(c1ccccc1)c1ccc(OCCCOc2ccc(C(N)c3ccccc3)cc2)cc1. The highest BCUT2D eigenvalue weighted by Gasteiger charge is 2.09.